The quantitative estimate of drug-likeness (QED) is 0.672. The number of halogens is 1. The normalized spacial score (nSPS) is 20.0. The molecule has 0 bridgehead atoms. The fourth-order valence-corrected chi connectivity index (χ4v) is 4.01. The van der Waals surface area contributed by atoms with Gasteiger partial charge in [-0.3, -0.25) is 9.59 Å². The number of carbonyl (C=O) groups excluding carboxylic acids is 2. The van der Waals surface area contributed by atoms with Crippen molar-refractivity contribution in [2.24, 2.45) is 5.92 Å². The van der Waals surface area contributed by atoms with Gasteiger partial charge in [0.25, 0.3) is 0 Å². The summed E-state index contributed by atoms with van der Waals surface area (Å²) in [5, 5.41) is 0.550. The van der Waals surface area contributed by atoms with E-state index < -0.39 is 0 Å². The van der Waals surface area contributed by atoms with E-state index in [1.807, 2.05) is 40.0 Å². The van der Waals surface area contributed by atoms with Crippen LogP contribution in [-0.2, 0) is 9.53 Å². The third-order valence-corrected chi connectivity index (χ3v) is 5.79. The number of allylic oxidation sites excluding steroid dienone is 4. The van der Waals surface area contributed by atoms with Crippen LogP contribution in [0.3, 0.4) is 0 Å². The number of benzene rings is 1. The van der Waals surface area contributed by atoms with Crippen LogP contribution in [0.4, 0.5) is 5.69 Å². The number of Topliss-reactive ketones (excluding diaryl/α,β-unsaturated/α-hetero) is 1. The molecule has 1 aromatic carbocycles. The predicted octanol–water partition coefficient (Wildman–Crippen LogP) is 4.54. The van der Waals surface area contributed by atoms with E-state index in [0.29, 0.717) is 42.7 Å². The van der Waals surface area contributed by atoms with Crippen LogP contribution in [0.2, 0.25) is 5.02 Å². The Balaban J connectivity index is 1.76. The molecule has 0 N–H and O–H groups in total. The van der Waals surface area contributed by atoms with Crippen LogP contribution in [0.1, 0.15) is 42.6 Å². The SMILES string of the molecule is CC1=CC(=O)C(CCC(=O)c2cc(Cl)cc(N(C)C3COC3)c2C)C(C)=C1. The highest BCUT2D eigenvalue weighted by molar-refractivity contribution is 6.31. The molecule has 0 aromatic heterocycles. The van der Waals surface area contributed by atoms with Crippen LogP contribution < -0.4 is 4.90 Å². The first kappa shape index (κ1) is 19.8. The maximum Gasteiger partial charge on any atom is 0.163 e. The first-order chi connectivity index (χ1) is 12.8. The average molecular weight is 388 g/mol. The molecule has 144 valence electrons. The van der Waals surface area contributed by atoms with Crippen molar-refractivity contribution < 1.29 is 14.3 Å². The Hall–Kier alpha value is -1.91. The summed E-state index contributed by atoms with van der Waals surface area (Å²) in [6.07, 6.45) is 4.54. The van der Waals surface area contributed by atoms with Gasteiger partial charge in [0, 0.05) is 35.7 Å². The third kappa shape index (κ3) is 4.17. The molecule has 5 heteroatoms. The van der Waals surface area contributed by atoms with Crippen LogP contribution >= 0.6 is 11.6 Å². The van der Waals surface area contributed by atoms with Crippen LogP contribution in [0.25, 0.3) is 0 Å². The van der Waals surface area contributed by atoms with Crippen molar-refractivity contribution in [3.63, 3.8) is 0 Å². The van der Waals surface area contributed by atoms with Crippen molar-refractivity contribution in [1.82, 2.24) is 0 Å². The number of carbonyl (C=O) groups is 2. The Morgan fingerprint density at radius 1 is 1.22 bits per heavy atom. The van der Waals surface area contributed by atoms with E-state index in [2.05, 4.69) is 4.90 Å². The lowest BCUT2D eigenvalue weighted by Gasteiger charge is -2.37. The van der Waals surface area contributed by atoms with E-state index in [0.717, 1.165) is 22.4 Å². The Labute approximate surface area is 165 Å². The molecule has 1 heterocycles. The van der Waals surface area contributed by atoms with E-state index >= 15 is 0 Å². The van der Waals surface area contributed by atoms with Gasteiger partial charge in [-0.1, -0.05) is 23.3 Å². The van der Waals surface area contributed by atoms with Crippen LogP contribution in [0.15, 0.2) is 35.4 Å². The zero-order valence-electron chi connectivity index (χ0n) is 16.3. The van der Waals surface area contributed by atoms with Crippen LogP contribution in [0, 0.1) is 12.8 Å². The smallest absolute Gasteiger partial charge is 0.163 e. The molecule has 1 aromatic rings. The lowest BCUT2D eigenvalue weighted by Crippen LogP contribution is -2.47. The molecule has 3 rings (SSSR count). The highest BCUT2D eigenvalue weighted by Gasteiger charge is 2.27. The van der Waals surface area contributed by atoms with Crippen LogP contribution in [0.5, 0.6) is 0 Å². The maximum atomic E-state index is 12.9. The summed E-state index contributed by atoms with van der Waals surface area (Å²) >= 11 is 6.31. The molecule has 4 nitrogen and oxygen atoms in total. The Morgan fingerprint density at radius 2 is 1.93 bits per heavy atom. The summed E-state index contributed by atoms with van der Waals surface area (Å²) in [5.41, 5.74) is 4.53. The van der Waals surface area contributed by atoms with E-state index in [4.69, 9.17) is 16.3 Å². The number of anilines is 1. The van der Waals surface area contributed by atoms with E-state index in [1.54, 1.807) is 12.1 Å². The van der Waals surface area contributed by atoms with Gasteiger partial charge < -0.3 is 9.64 Å². The van der Waals surface area contributed by atoms with Gasteiger partial charge in [-0.05, 0) is 56.5 Å². The Morgan fingerprint density at radius 3 is 2.52 bits per heavy atom. The van der Waals surface area contributed by atoms with Crippen molar-refractivity contribution in [2.45, 2.75) is 39.7 Å². The van der Waals surface area contributed by atoms with Crippen molar-refractivity contribution in [3.05, 3.63) is 51.6 Å². The molecule has 1 fully saturated rings. The summed E-state index contributed by atoms with van der Waals surface area (Å²) in [4.78, 5) is 27.3. The highest BCUT2D eigenvalue weighted by atomic mass is 35.5. The summed E-state index contributed by atoms with van der Waals surface area (Å²) < 4.78 is 5.28. The van der Waals surface area contributed by atoms with Crippen LogP contribution in [-0.4, -0.2) is 37.9 Å². The summed E-state index contributed by atoms with van der Waals surface area (Å²) in [6.45, 7) is 7.21. The second kappa shape index (κ2) is 7.99. The number of ether oxygens (including phenoxy) is 1. The number of likely N-dealkylation sites (N-methyl/N-ethyl adjacent to an activating group) is 1. The number of hydrogen-bond donors (Lipinski definition) is 0. The lowest BCUT2D eigenvalue weighted by atomic mass is 9.84. The van der Waals surface area contributed by atoms with Gasteiger partial charge in [0.2, 0.25) is 0 Å². The minimum Gasteiger partial charge on any atom is -0.377 e. The zero-order chi connectivity index (χ0) is 19.7. The summed E-state index contributed by atoms with van der Waals surface area (Å²) in [6, 6.07) is 3.95. The fraction of sp³-hybridized carbons (Fsp3) is 0.455. The minimum absolute atomic E-state index is 0.0291. The number of rotatable bonds is 6. The number of hydrogen-bond acceptors (Lipinski definition) is 4. The Kier molecular flexibility index (Phi) is 5.87. The minimum atomic E-state index is -0.202. The lowest BCUT2D eigenvalue weighted by molar-refractivity contribution is -0.117. The average Bonchev–Trinajstić information content (AvgIpc) is 2.53. The van der Waals surface area contributed by atoms with Gasteiger partial charge >= 0.3 is 0 Å². The van der Waals surface area contributed by atoms with Crippen molar-refractivity contribution in [2.75, 3.05) is 25.2 Å². The van der Waals surface area contributed by atoms with E-state index in [1.165, 1.54) is 0 Å². The first-order valence-electron chi connectivity index (χ1n) is 9.32. The largest absolute Gasteiger partial charge is 0.377 e. The molecule has 2 aliphatic rings. The molecular formula is C22H26ClNO3. The van der Waals surface area contributed by atoms with E-state index in [9.17, 15) is 9.59 Å². The second-order valence-corrected chi connectivity index (χ2v) is 8.03. The third-order valence-electron chi connectivity index (χ3n) is 5.57. The maximum absolute atomic E-state index is 12.9. The van der Waals surface area contributed by atoms with Crippen molar-refractivity contribution in [3.8, 4) is 0 Å². The predicted molar refractivity (Wildman–Crippen MR) is 109 cm³/mol. The topological polar surface area (TPSA) is 46.6 Å². The molecule has 1 atom stereocenters. The van der Waals surface area contributed by atoms with Gasteiger partial charge in [-0.15, -0.1) is 0 Å². The standard InChI is InChI=1S/C22H26ClNO3/c1-13-7-14(2)18(22(26)8-13)5-6-21(25)19-9-16(23)10-20(15(19)3)24(4)17-11-27-12-17/h7-10,17-18H,5-6,11-12H2,1-4H3. The molecule has 0 amide bonds. The number of ketones is 2. The zero-order valence-corrected chi connectivity index (χ0v) is 17.1. The highest BCUT2D eigenvalue weighted by Crippen LogP contribution is 2.32. The molecule has 1 unspecified atom stereocenters. The van der Waals surface area contributed by atoms with Gasteiger partial charge in [0.15, 0.2) is 11.6 Å². The first-order valence-corrected chi connectivity index (χ1v) is 9.70. The van der Waals surface area contributed by atoms with Crippen molar-refractivity contribution >= 4 is 28.9 Å². The molecule has 1 saturated heterocycles. The molecule has 27 heavy (non-hydrogen) atoms. The molecule has 1 aliphatic heterocycles. The second-order valence-electron chi connectivity index (χ2n) is 7.59. The van der Waals surface area contributed by atoms with Gasteiger partial charge in [-0.2, -0.15) is 0 Å². The Bertz CT molecular complexity index is 836. The summed E-state index contributed by atoms with van der Waals surface area (Å²) in [7, 11) is 2.00. The summed E-state index contributed by atoms with van der Waals surface area (Å²) in [5.74, 6) is -0.0821. The van der Waals surface area contributed by atoms with Gasteiger partial charge in [-0.25, -0.2) is 0 Å². The van der Waals surface area contributed by atoms with Gasteiger partial charge in [0.1, 0.15) is 0 Å². The molecule has 0 spiro atoms. The van der Waals surface area contributed by atoms with E-state index in [-0.39, 0.29) is 17.5 Å². The molecule has 1 aliphatic carbocycles. The molecular weight excluding hydrogens is 362 g/mol. The monoisotopic (exact) mass is 387 g/mol. The fourth-order valence-electron chi connectivity index (χ4n) is 3.79. The molecule has 0 radical (unpaired) electrons. The van der Waals surface area contributed by atoms with Crippen molar-refractivity contribution in [1.29, 1.82) is 0 Å². The molecule has 0 saturated carbocycles. The number of nitrogens with zero attached hydrogens (tertiary/aromatic N) is 1. The van der Waals surface area contributed by atoms with Gasteiger partial charge in [0.05, 0.1) is 19.3 Å².